The summed E-state index contributed by atoms with van der Waals surface area (Å²) in [6, 6.07) is 4.98. The van der Waals surface area contributed by atoms with E-state index in [1.54, 1.807) is 24.5 Å². The molecule has 0 aliphatic rings. The molecule has 0 saturated heterocycles. The number of nitro benzene ring substituents is 1. The Hall–Kier alpha value is -2.37. The fourth-order valence-corrected chi connectivity index (χ4v) is 1.73. The molecular weight excluding hydrogens is 232 g/mol. The fraction of sp³-hybridized carbons (Fsp3) is 0.250. The number of rotatable bonds is 4. The molecule has 6 nitrogen and oxygen atoms in total. The molecule has 0 amide bonds. The van der Waals surface area contributed by atoms with Gasteiger partial charge in [-0.05, 0) is 25.5 Å². The van der Waals surface area contributed by atoms with Crippen molar-refractivity contribution in [2.75, 3.05) is 5.32 Å². The summed E-state index contributed by atoms with van der Waals surface area (Å²) in [4.78, 5) is 17.7. The van der Waals surface area contributed by atoms with Crippen LogP contribution >= 0.6 is 0 Å². The number of benzene rings is 1. The number of hydrogen-bond donors (Lipinski definition) is 2. The third-order valence-electron chi connectivity index (χ3n) is 2.65. The lowest BCUT2D eigenvalue weighted by Crippen LogP contribution is -2.09. The smallest absolute Gasteiger partial charge is 0.292 e. The average molecular weight is 246 g/mol. The van der Waals surface area contributed by atoms with E-state index < -0.39 is 0 Å². The monoisotopic (exact) mass is 246 g/mol. The van der Waals surface area contributed by atoms with Gasteiger partial charge in [-0.15, -0.1) is 0 Å². The number of aryl methyl sites for hydroxylation is 1. The van der Waals surface area contributed by atoms with E-state index in [1.807, 2.05) is 19.9 Å². The number of nitro groups is 1. The topological polar surface area (TPSA) is 83.8 Å². The molecule has 1 atom stereocenters. The normalized spacial score (nSPS) is 12.1. The van der Waals surface area contributed by atoms with Crippen LogP contribution in [0.25, 0.3) is 0 Å². The van der Waals surface area contributed by atoms with E-state index in [9.17, 15) is 10.1 Å². The average Bonchev–Trinajstić information content (AvgIpc) is 2.84. The Morgan fingerprint density at radius 2 is 2.28 bits per heavy atom. The van der Waals surface area contributed by atoms with Crippen molar-refractivity contribution in [3.63, 3.8) is 0 Å². The van der Waals surface area contributed by atoms with Gasteiger partial charge >= 0.3 is 0 Å². The number of aromatic nitrogens is 2. The van der Waals surface area contributed by atoms with Gasteiger partial charge in [-0.2, -0.15) is 0 Å². The molecule has 1 unspecified atom stereocenters. The summed E-state index contributed by atoms with van der Waals surface area (Å²) in [5.74, 6) is 0.741. The van der Waals surface area contributed by atoms with Gasteiger partial charge in [0.05, 0.1) is 11.0 Å². The van der Waals surface area contributed by atoms with Crippen LogP contribution in [0.1, 0.15) is 24.4 Å². The SMILES string of the molecule is Cc1ccc(NC(C)c2ncc[nH]2)c([N+](=O)[O-])c1. The third kappa shape index (κ3) is 2.48. The number of aromatic amines is 1. The summed E-state index contributed by atoms with van der Waals surface area (Å²) in [6.07, 6.45) is 3.37. The second-order valence-electron chi connectivity index (χ2n) is 4.12. The number of H-pyrrole nitrogens is 1. The molecule has 0 bridgehead atoms. The number of hydrogen-bond acceptors (Lipinski definition) is 4. The summed E-state index contributed by atoms with van der Waals surface area (Å²) in [6.45, 7) is 3.72. The van der Waals surface area contributed by atoms with Crippen molar-refractivity contribution in [3.05, 3.63) is 52.1 Å². The van der Waals surface area contributed by atoms with Crippen LogP contribution in [0.3, 0.4) is 0 Å². The van der Waals surface area contributed by atoms with Gasteiger partial charge in [-0.3, -0.25) is 10.1 Å². The summed E-state index contributed by atoms with van der Waals surface area (Å²) in [5, 5.41) is 14.1. The molecule has 0 radical (unpaired) electrons. The molecule has 1 aromatic carbocycles. The van der Waals surface area contributed by atoms with E-state index in [-0.39, 0.29) is 16.7 Å². The van der Waals surface area contributed by atoms with E-state index in [4.69, 9.17) is 0 Å². The molecule has 94 valence electrons. The number of anilines is 1. The van der Waals surface area contributed by atoms with Gasteiger partial charge in [0.25, 0.3) is 5.69 Å². The van der Waals surface area contributed by atoms with Crippen LogP contribution in [0.15, 0.2) is 30.6 Å². The quantitative estimate of drug-likeness (QED) is 0.641. The Bertz CT molecular complexity index is 551. The predicted molar refractivity (Wildman–Crippen MR) is 68.5 cm³/mol. The molecule has 6 heteroatoms. The van der Waals surface area contributed by atoms with E-state index in [0.29, 0.717) is 5.69 Å². The van der Waals surface area contributed by atoms with Crippen LogP contribution < -0.4 is 5.32 Å². The third-order valence-corrected chi connectivity index (χ3v) is 2.65. The van der Waals surface area contributed by atoms with Gasteiger partial charge in [0, 0.05) is 18.5 Å². The van der Waals surface area contributed by atoms with Crippen LogP contribution in [0.2, 0.25) is 0 Å². The zero-order valence-corrected chi connectivity index (χ0v) is 10.2. The van der Waals surface area contributed by atoms with Crippen LogP contribution in [-0.4, -0.2) is 14.9 Å². The van der Waals surface area contributed by atoms with Crippen molar-refractivity contribution in [2.24, 2.45) is 0 Å². The van der Waals surface area contributed by atoms with E-state index in [0.717, 1.165) is 11.4 Å². The van der Waals surface area contributed by atoms with Crippen molar-refractivity contribution in [1.29, 1.82) is 0 Å². The largest absolute Gasteiger partial charge is 0.370 e. The van der Waals surface area contributed by atoms with Gasteiger partial charge in [-0.1, -0.05) is 6.07 Å². The first-order valence-electron chi connectivity index (χ1n) is 5.59. The molecule has 0 fully saturated rings. The standard InChI is InChI=1S/C12H14N4O2/c1-8-3-4-10(11(7-8)16(17)18)15-9(2)12-13-5-6-14-12/h3-7,9,15H,1-2H3,(H,13,14). The zero-order chi connectivity index (χ0) is 13.1. The molecule has 0 saturated carbocycles. The van der Waals surface area contributed by atoms with Crippen LogP contribution in [-0.2, 0) is 0 Å². The van der Waals surface area contributed by atoms with Gasteiger partial charge < -0.3 is 10.3 Å². The Morgan fingerprint density at radius 3 is 2.89 bits per heavy atom. The maximum Gasteiger partial charge on any atom is 0.292 e. The lowest BCUT2D eigenvalue weighted by atomic mass is 10.2. The molecule has 2 rings (SSSR count). The lowest BCUT2D eigenvalue weighted by Gasteiger charge is -2.13. The van der Waals surface area contributed by atoms with Gasteiger partial charge in [-0.25, -0.2) is 4.98 Å². The van der Waals surface area contributed by atoms with Crippen LogP contribution in [0, 0.1) is 17.0 Å². The lowest BCUT2D eigenvalue weighted by molar-refractivity contribution is -0.384. The predicted octanol–water partition coefficient (Wildman–Crippen LogP) is 2.80. The molecule has 2 N–H and O–H groups in total. The Kier molecular flexibility index (Phi) is 3.27. The van der Waals surface area contributed by atoms with Crippen molar-refractivity contribution in [1.82, 2.24) is 9.97 Å². The summed E-state index contributed by atoms with van der Waals surface area (Å²) < 4.78 is 0. The second-order valence-corrected chi connectivity index (χ2v) is 4.12. The van der Waals surface area contributed by atoms with Crippen LogP contribution in [0.4, 0.5) is 11.4 Å². The first kappa shape index (κ1) is 12.1. The molecular formula is C12H14N4O2. The number of nitrogens with zero attached hydrogens (tertiary/aromatic N) is 2. The minimum atomic E-state index is -0.385. The van der Waals surface area contributed by atoms with Crippen molar-refractivity contribution < 1.29 is 4.92 Å². The Morgan fingerprint density at radius 1 is 1.50 bits per heavy atom. The first-order valence-corrected chi connectivity index (χ1v) is 5.59. The van der Waals surface area contributed by atoms with E-state index in [2.05, 4.69) is 15.3 Å². The Balaban J connectivity index is 2.26. The van der Waals surface area contributed by atoms with E-state index >= 15 is 0 Å². The minimum absolute atomic E-state index is 0.0772. The fourth-order valence-electron chi connectivity index (χ4n) is 1.73. The minimum Gasteiger partial charge on any atom is -0.370 e. The summed E-state index contributed by atoms with van der Waals surface area (Å²) in [5.41, 5.74) is 1.43. The molecule has 0 spiro atoms. The maximum atomic E-state index is 11.0. The van der Waals surface area contributed by atoms with Crippen molar-refractivity contribution >= 4 is 11.4 Å². The highest BCUT2D eigenvalue weighted by Crippen LogP contribution is 2.28. The molecule has 1 heterocycles. The van der Waals surface area contributed by atoms with Gasteiger partial charge in [0.1, 0.15) is 11.5 Å². The molecule has 0 aliphatic carbocycles. The zero-order valence-electron chi connectivity index (χ0n) is 10.2. The number of imidazole rings is 1. The highest BCUT2D eigenvalue weighted by Gasteiger charge is 2.16. The van der Waals surface area contributed by atoms with Crippen molar-refractivity contribution in [3.8, 4) is 0 Å². The summed E-state index contributed by atoms with van der Waals surface area (Å²) in [7, 11) is 0. The highest BCUT2D eigenvalue weighted by molar-refractivity contribution is 5.63. The molecule has 2 aromatic rings. The van der Waals surface area contributed by atoms with Gasteiger partial charge in [0.2, 0.25) is 0 Å². The first-order chi connectivity index (χ1) is 8.58. The Labute approximate surface area is 104 Å². The van der Waals surface area contributed by atoms with Crippen LogP contribution in [0.5, 0.6) is 0 Å². The van der Waals surface area contributed by atoms with E-state index in [1.165, 1.54) is 0 Å². The second kappa shape index (κ2) is 4.87. The molecule has 1 aromatic heterocycles. The van der Waals surface area contributed by atoms with Crippen molar-refractivity contribution in [2.45, 2.75) is 19.9 Å². The van der Waals surface area contributed by atoms with Gasteiger partial charge in [0.15, 0.2) is 0 Å². The molecule has 18 heavy (non-hydrogen) atoms. The maximum absolute atomic E-state index is 11.0. The number of nitrogens with one attached hydrogen (secondary N) is 2. The highest BCUT2D eigenvalue weighted by atomic mass is 16.6. The summed E-state index contributed by atoms with van der Waals surface area (Å²) >= 11 is 0. The molecule has 0 aliphatic heterocycles.